The number of thiophene rings is 1. The van der Waals surface area contributed by atoms with Gasteiger partial charge in [0.1, 0.15) is 0 Å². The van der Waals surface area contributed by atoms with E-state index in [9.17, 15) is 0 Å². The van der Waals surface area contributed by atoms with Gasteiger partial charge in [0.2, 0.25) is 0 Å². The maximum atomic E-state index is 6.72. The van der Waals surface area contributed by atoms with E-state index in [0.29, 0.717) is 0 Å². The zero-order valence-corrected chi connectivity index (χ0v) is 12.6. The third-order valence-electron chi connectivity index (χ3n) is 3.58. The summed E-state index contributed by atoms with van der Waals surface area (Å²) >= 11 is 8.45. The van der Waals surface area contributed by atoms with E-state index in [-0.39, 0.29) is 5.38 Å². The summed E-state index contributed by atoms with van der Waals surface area (Å²) in [6.45, 7) is 4.27. The van der Waals surface area contributed by atoms with Crippen LogP contribution in [0, 0.1) is 13.8 Å². The van der Waals surface area contributed by atoms with Crippen molar-refractivity contribution in [1.29, 1.82) is 0 Å². The van der Waals surface area contributed by atoms with Crippen LogP contribution in [0.1, 0.15) is 26.9 Å². The molecule has 19 heavy (non-hydrogen) atoms. The summed E-state index contributed by atoms with van der Waals surface area (Å²) in [7, 11) is 0. The fraction of sp³-hybridized carbons (Fsp3) is 0.176. The minimum atomic E-state index is -0.0644. The first-order valence-electron chi connectivity index (χ1n) is 6.35. The van der Waals surface area contributed by atoms with E-state index in [1.807, 2.05) is 0 Å². The molecule has 2 aromatic carbocycles. The molecule has 0 N–H and O–H groups in total. The zero-order chi connectivity index (χ0) is 13.4. The van der Waals surface area contributed by atoms with Gasteiger partial charge in [0.15, 0.2) is 0 Å². The van der Waals surface area contributed by atoms with Crippen LogP contribution in [0.25, 0.3) is 10.8 Å². The lowest BCUT2D eigenvalue weighted by Crippen LogP contribution is -1.95. The number of alkyl halides is 1. The summed E-state index contributed by atoms with van der Waals surface area (Å²) in [6, 6.07) is 14.9. The van der Waals surface area contributed by atoms with E-state index in [4.69, 9.17) is 11.6 Å². The van der Waals surface area contributed by atoms with Crippen LogP contribution >= 0.6 is 22.9 Å². The van der Waals surface area contributed by atoms with Crippen LogP contribution in [0.2, 0.25) is 0 Å². The highest BCUT2D eigenvalue weighted by molar-refractivity contribution is 7.10. The normalized spacial score (nSPS) is 12.8. The lowest BCUT2D eigenvalue weighted by atomic mass is 9.97. The quantitative estimate of drug-likeness (QED) is 0.519. The van der Waals surface area contributed by atoms with Gasteiger partial charge in [-0.2, -0.15) is 0 Å². The minimum Gasteiger partial charge on any atom is -0.147 e. The van der Waals surface area contributed by atoms with Crippen molar-refractivity contribution in [2.24, 2.45) is 0 Å². The second kappa shape index (κ2) is 4.99. The molecular formula is C17H15ClS. The fourth-order valence-electron chi connectivity index (χ4n) is 2.48. The summed E-state index contributed by atoms with van der Waals surface area (Å²) in [5.74, 6) is 0. The molecule has 0 aliphatic carbocycles. The lowest BCUT2D eigenvalue weighted by Gasteiger charge is -2.14. The summed E-state index contributed by atoms with van der Waals surface area (Å²) in [5.41, 5.74) is 3.77. The second-order valence-electron chi connectivity index (χ2n) is 4.85. The zero-order valence-electron chi connectivity index (χ0n) is 11.0. The Kier molecular flexibility index (Phi) is 3.34. The Hall–Kier alpha value is -1.31. The van der Waals surface area contributed by atoms with Gasteiger partial charge in [-0.3, -0.25) is 0 Å². The molecular weight excluding hydrogens is 272 g/mol. The lowest BCUT2D eigenvalue weighted by molar-refractivity contribution is 1.17. The molecule has 1 aromatic heterocycles. The predicted octanol–water partition coefficient (Wildman–Crippen LogP) is 5.85. The number of fused-ring (bicyclic) bond motifs is 1. The van der Waals surface area contributed by atoms with Gasteiger partial charge in [-0.05, 0) is 52.8 Å². The van der Waals surface area contributed by atoms with Crippen molar-refractivity contribution in [1.82, 2.24) is 0 Å². The molecule has 0 aliphatic rings. The smallest absolute Gasteiger partial charge is 0.0936 e. The summed E-state index contributed by atoms with van der Waals surface area (Å²) in [5, 5.41) is 4.59. The Morgan fingerprint density at radius 1 is 0.895 bits per heavy atom. The molecule has 3 aromatic rings. The third-order valence-corrected chi connectivity index (χ3v) is 5.25. The van der Waals surface area contributed by atoms with Crippen LogP contribution in [-0.4, -0.2) is 0 Å². The molecule has 0 radical (unpaired) electrons. The van der Waals surface area contributed by atoms with Crippen molar-refractivity contribution >= 4 is 33.7 Å². The topological polar surface area (TPSA) is 0 Å². The fourth-order valence-corrected chi connectivity index (χ4v) is 3.92. The summed E-state index contributed by atoms with van der Waals surface area (Å²) < 4.78 is 0. The van der Waals surface area contributed by atoms with Crippen LogP contribution in [0.4, 0.5) is 0 Å². The Morgan fingerprint density at radius 2 is 1.63 bits per heavy atom. The van der Waals surface area contributed by atoms with Crippen molar-refractivity contribution in [2.45, 2.75) is 19.2 Å². The van der Waals surface area contributed by atoms with E-state index in [1.54, 1.807) is 11.3 Å². The Morgan fingerprint density at radius 3 is 2.32 bits per heavy atom. The predicted molar refractivity (Wildman–Crippen MR) is 85.4 cm³/mol. The first-order chi connectivity index (χ1) is 9.18. The van der Waals surface area contributed by atoms with Crippen molar-refractivity contribution in [3.05, 3.63) is 69.4 Å². The maximum absolute atomic E-state index is 6.72. The highest BCUT2D eigenvalue weighted by Crippen LogP contribution is 2.38. The van der Waals surface area contributed by atoms with Gasteiger partial charge in [-0.1, -0.05) is 36.4 Å². The van der Waals surface area contributed by atoms with Gasteiger partial charge in [-0.25, -0.2) is 0 Å². The molecule has 0 aliphatic heterocycles. The number of benzene rings is 2. The molecule has 2 heteroatoms. The maximum Gasteiger partial charge on any atom is 0.0936 e. The SMILES string of the molecule is Cc1ccsc1C(Cl)c1ccc(C)c2ccccc12. The van der Waals surface area contributed by atoms with Gasteiger partial charge in [-0.15, -0.1) is 22.9 Å². The molecule has 96 valence electrons. The van der Waals surface area contributed by atoms with E-state index in [2.05, 4.69) is 61.7 Å². The standard InChI is InChI=1S/C17H15ClS/c1-11-7-8-15(14-6-4-3-5-13(11)14)16(18)17-12(2)9-10-19-17/h3-10,16H,1-2H3. The Bertz CT molecular complexity index is 727. The number of hydrogen-bond acceptors (Lipinski definition) is 1. The molecule has 0 nitrogen and oxygen atoms in total. The number of hydrogen-bond donors (Lipinski definition) is 0. The van der Waals surface area contributed by atoms with Crippen LogP contribution in [0.15, 0.2) is 47.8 Å². The highest BCUT2D eigenvalue weighted by atomic mass is 35.5. The van der Waals surface area contributed by atoms with E-state index in [1.165, 1.54) is 32.3 Å². The Labute approximate surface area is 122 Å². The van der Waals surface area contributed by atoms with Gasteiger partial charge in [0.25, 0.3) is 0 Å². The van der Waals surface area contributed by atoms with E-state index >= 15 is 0 Å². The number of aryl methyl sites for hydroxylation is 2. The van der Waals surface area contributed by atoms with Crippen LogP contribution < -0.4 is 0 Å². The molecule has 0 amide bonds. The van der Waals surface area contributed by atoms with Crippen molar-refractivity contribution in [3.8, 4) is 0 Å². The first-order valence-corrected chi connectivity index (χ1v) is 7.66. The number of rotatable bonds is 2. The Balaban J connectivity index is 2.21. The molecule has 3 rings (SSSR count). The summed E-state index contributed by atoms with van der Waals surface area (Å²) in [4.78, 5) is 1.25. The average Bonchev–Trinajstić information content (AvgIpc) is 2.85. The third kappa shape index (κ3) is 2.18. The van der Waals surface area contributed by atoms with Crippen molar-refractivity contribution < 1.29 is 0 Å². The number of halogens is 1. The molecule has 1 atom stereocenters. The van der Waals surface area contributed by atoms with Crippen LogP contribution in [0.5, 0.6) is 0 Å². The second-order valence-corrected chi connectivity index (χ2v) is 6.23. The van der Waals surface area contributed by atoms with Gasteiger partial charge < -0.3 is 0 Å². The van der Waals surface area contributed by atoms with Gasteiger partial charge >= 0.3 is 0 Å². The molecule has 0 bridgehead atoms. The monoisotopic (exact) mass is 286 g/mol. The average molecular weight is 287 g/mol. The van der Waals surface area contributed by atoms with Gasteiger partial charge in [0, 0.05) is 4.88 Å². The molecule has 0 saturated heterocycles. The molecule has 1 unspecified atom stereocenters. The van der Waals surface area contributed by atoms with Gasteiger partial charge in [0.05, 0.1) is 5.38 Å². The molecule has 0 saturated carbocycles. The van der Waals surface area contributed by atoms with E-state index < -0.39 is 0 Å². The largest absolute Gasteiger partial charge is 0.147 e. The summed E-state index contributed by atoms with van der Waals surface area (Å²) in [6.07, 6.45) is 0. The van der Waals surface area contributed by atoms with E-state index in [0.717, 1.165) is 0 Å². The molecule has 0 spiro atoms. The molecule has 0 fully saturated rings. The first kappa shape index (κ1) is 12.7. The van der Waals surface area contributed by atoms with Crippen molar-refractivity contribution in [3.63, 3.8) is 0 Å². The minimum absolute atomic E-state index is 0.0644. The van der Waals surface area contributed by atoms with Crippen molar-refractivity contribution in [2.75, 3.05) is 0 Å². The van der Waals surface area contributed by atoms with Crippen LogP contribution in [0.3, 0.4) is 0 Å². The molecule has 1 heterocycles. The van der Waals surface area contributed by atoms with Crippen LogP contribution in [-0.2, 0) is 0 Å². The highest BCUT2D eigenvalue weighted by Gasteiger charge is 2.17.